The van der Waals surface area contributed by atoms with Crippen molar-refractivity contribution in [1.82, 2.24) is 5.32 Å². The van der Waals surface area contributed by atoms with Gasteiger partial charge in [0.2, 0.25) is 0 Å². The molecule has 0 amide bonds. The molecule has 0 heterocycles. The van der Waals surface area contributed by atoms with E-state index >= 15 is 0 Å². The standard InChI is InChI=1S/C18H30N2S/c1-12(2)10-11-19-18(21)20-17-15(13(3)4)8-7-9-16(17)14(5)6/h7-9,12-14H,10-11H2,1-6H3,(H2,19,20,21). The van der Waals surface area contributed by atoms with E-state index in [0.717, 1.165) is 18.1 Å². The first-order chi connectivity index (χ1) is 9.82. The van der Waals surface area contributed by atoms with Gasteiger partial charge in [0, 0.05) is 12.2 Å². The Balaban J connectivity index is 2.87. The van der Waals surface area contributed by atoms with Crippen LogP contribution in [-0.2, 0) is 0 Å². The van der Waals surface area contributed by atoms with E-state index in [-0.39, 0.29) is 0 Å². The summed E-state index contributed by atoms with van der Waals surface area (Å²) >= 11 is 5.46. The van der Waals surface area contributed by atoms with E-state index < -0.39 is 0 Å². The SMILES string of the molecule is CC(C)CCNC(=S)Nc1c(C(C)C)cccc1C(C)C. The summed E-state index contributed by atoms with van der Waals surface area (Å²) in [6.07, 6.45) is 1.13. The van der Waals surface area contributed by atoms with Crippen molar-refractivity contribution >= 4 is 23.0 Å². The first-order valence-corrected chi connectivity index (χ1v) is 8.41. The van der Waals surface area contributed by atoms with Gasteiger partial charge in [0.25, 0.3) is 0 Å². The molecule has 118 valence electrons. The van der Waals surface area contributed by atoms with Crippen molar-refractivity contribution in [1.29, 1.82) is 0 Å². The zero-order chi connectivity index (χ0) is 16.0. The van der Waals surface area contributed by atoms with Crippen molar-refractivity contribution in [2.24, 2.45) is 5.92 Å². The normalized spacial score (nSPS) is 11.3. The molecule has 21 heavy (non-hydrogen) atoms. The van der Waals surface area contributed by atoms with Gasteiger partial charge in [-0.1, -0.05) is 59.7 Å². The fourth-order valence-electron chi connectivity index (χ4n) is 2.33. The fourth-order valence-corrected chi connectivity index (χ4v) is 2.53. The number of hydrogen-bond donors (Lipinski definition) is 2. The Kier molecular flexibility index (Phi) is 7.16. The van der Waals surface area contributed by atoms with Crippen LogP contribution in [0.4, 0.5) is 5.69 Å². The highest BCUT2D eigenvalue weighted by Gasteiger charge is 2.14. The van der Waals surface area contributed by atoms with Crippen LogP contribution in [0.25, 0.3) is 0 Å². The van der Waals surface area contributed by atoms with Gasteiger partial charge in [-0.3, -0.25) is 0 Å². The van der Waals surface area contributed by atoms with Crippen LogP contribution >= 0.6 is 12.2 Å². The zero-order valence-corrected chi connectivity index (χ0v) is 15.1. The second-order valence-electron chi connectivity index (χ2n) is 6.68. The molecule has 0 saturated heterocycles. The first kappa shape index (κ1) is 18.0. The molecule has 0 aliphatic heterocycles. The van der Waals surface area contributed by atoms with Gasteiger partial charge >= 0.3 is 0 Å². The van der Waals surface area contributed by atoms with E-state index in [1.54, 1.807) is 0 Å². The van der Waals surface area contributed by atoms with Crippen molar-refractivity contribution < 1.29 is 0 Å². The van der Waals surface area contributed by atoms with Gasteiger partial charge in [0.15, 0.2) is 5.11 Å². The summed E-state index contributed by atoms with van der Waals surface area (Å²) in [6, 6.07) is 6.52. The lowest BCUT2D eigenvalue weighted by Gasteiger charge is -2.21. The fraction of sp³-hybridized carbons (Fsp3) is 0.611. The molecular formula is C18H30N2S. The first-order valence-electron chi connectivity index (χ1n) is 8.00. The molecule has 3 heteroatoms. The molecule has 1 aromatic rings. The molecule has 0 aliphatic carbocycles. The Bertz CT molecular complexity index is 438. The molecule has 0 spiro atoms. The van der Waals surface area contributed by atoms with Crippen LogP contribution in [-0.4, -0.2) is 11.7 Å². The van der Waals surface area contributed by atoms with E-state index in [1.807, 2.05) is 0 Å². The number of benzene rings is 1. The molecule has 0 aromatic heterocycles. The minimum Gasteiger partial charge on any atom is -0.362 e. The van der Waals surface area contributed by atoms with Crippen LogP contribution in [0, 0.1) is 5.92 Å². The topological polar surface area (TPSA) is 24.1 Å². The van der Waals surface area contributed by atoms with Gasteiger partial charge in [0.1, 0.15) is 0 Å². The van der Waals surface area contributed by atoms with Crippen LogP contribution in [0.3, 0.4) is 0 Å². The average molecular weight is 307 g/mol. The Hall–Kier alpha value is -1.09. The summed E-state index contributed by atoms with van der Waals surface area (Å²) in [6.45, 7) is 14.3. The van der Waals surface area contributed by atoms with Crippen LogP contribution in [0.15, 0.2) is 18.2 Å². The molecule has 2 N–H and O–H groups in total. The van der Waals surface area contributed by atoms with E-state index in [0.29, 0.717) is 17.8 Å². The molecule has 2 nitrogen and oxygen atoms in total. The predicted octanol–water partition coefficient (Wildman–Crippen LogP) is 5.27. The third kappa shape index (κ3) is 5.66. The zero-order valence-electron chi connectivity index (χ0n) is 14.3. The summed E-state index contributed by atoms with van der Waals surface area (Å²) in [5, 5.41) is 7.48. The lowest BCUT2D eigenvalue weighted by atomic mass is 9.93. The Morgan fingerprint density at radius 2 is 1.52 bits per heavy atom. The molecule has 0 bridgehead atoms. The summed E-state index contributed by atoms with van der Waals surface area (Å²) in [5.74, 6) is 1.64. The maximum Gasteiger partial charge on any atom is 0.170 e. The second-order valence-corrected chi connectivity index (χ2v) is 7.09. The minimum absolute atomic E-state index is 0.477. The summed E-state index contributed by atoms with van der Waals surface area (Å²) < 4.78 is 0. The van der Waals surface area contributed by atoms with E-state index in [9.17, 15) is 0 Å². The van der Waals surface area contributed by atoms with Crippen molar-refractivity contribution in [3.63, 3.8) is 0 Å². The smallest absolute Gasteiger partial charge is 0.170 e. The highest BCUT2D eigenvalue weighted by molar-refractivity contribution is 7.80. The molecular weight excluding hydrogens is 276 g/mol. The van der Waals surface area contributed by atoms with Crippen LogP contribution in [0.1, 0.15) is 70.9 Å². The maximum absolute atomic E-state index is 5.46. The van der Waals surface area contributed by atoms with Crippen LogP contribution in [0.5, 0.6) is 0 Å². The molecule has 0 unspecified atom stereocenters. The van der Waals surface area contributed by atoms with Gasteiger partial charge in [-0.2, -0.15) is 0 Å². The Morgan fingerprint density at radius 1 is 1.00 bits per heavy atom. The van der Waals surface area contributed by atoms with Gasteiger partial charge in [0.05, 0.1) is 0 Å². The summed E-state index contributed by atoms with van der Waals surface area (Å²) in [4.78, 5) is 0. The van der Waals surface area contributed by atoms with E-state index in [1.165, 1.54) is 16.8 Å². The number of thiocarbonyl (C=S) groups is 1. The highest BCUT2D eigenvalue weighted by Crippen LogP contribution is 2.32. The number of para-hydroxylation sites is 1. The average Bonchev–Trinajstić information content (AvgIpc) is 2.37. The molecule has 1 aromatic carbocycles. The van der Waals surface area contributed by atoms with Crippen LogP contribution < -0.4 is 10.6 Å². The molecule has 0 atom stereocenters. The second kappa shape index (κ2) is 8.38. The van der Waals surface area contributed by atoms with Crippen molar-refractivity contribution in [2.75, 3.05) is 11.9 Å². The lowest BCUT2D eigenvalue weighted by molar-refractivity contribution is 0.579. The maximum atomic E-state index is 5.46. The highest BCUT2D eigenvalue weighted by atomic mass is 32.1. The Morgan fingerprint density at radius 3 is 1.95 bits per heavy atom. The van der Waals surface area contributed by atoms with Gasteiger partial charge < -0.3 is 10.6 Å². The van der Waals surface area contributed by atoms with Crippen molar-refractivity contribution in [3.05, 3.63) is 29.3 Å². The monoisotopic (exact) mass is 306 g/mol. The van der Waals surface area contributed by atoms with E-state index in [2.05, 4.69) is 70.4 Å². The number of rotatable bonds is 6. The number of anilines is 1. The largest absolute Gasteiger partial charge is 0.362 e. The molecule has 1 rings (SSSR count). The number of hydrogen-bond acceptors (Lipinski definition) is 1. The van der Waals surface area contributed by atoms with Gasteiger partial charge in [-0.15, -0.1) is 0 Å². The van der Waals surface area contributed by atoms with Crippen LogP contribution in [0.2, 0.25) is 0 Å². The molecule has 0 radical (unpaired) electrons. The third-order valence-corrected chi connectivity index (χ3v) is 3.87. The molecule has 0 saturated carbocycles. The van der Waals surface area contributed by atoms with Crippen molar-refractivity contribution in [2.45, 2.75) is 59.8 Å². The van der Waals surface area contributed by atoms with E-state index in [4.69, 9.17) is 12.2 Å². The quantitative estimate of drug-likeness (QED) is 0.700. The third-order valence-electron chi connectivity index (χ3n) is 3.62. The predicted molar refractivity (Wildman–Crippen MR) is 98.3 cm³/mol. The Labute approximate surface area is 135 Å². The number of nitrogens with one attached hydrogen (secondary N) is 2. The summed E-state index contributed by atoms with van der Waals surface area (Å²) in [7, 11) is 0. The summed E-state index contributed by atoms with van der Waals surface area (Å²) in [5.41, 5.74) is 3.84. The van der Waals surface area contributed by atoms with Crippen molar-refractivity contribution in [3.8, 4) is 0 Å². The minimum atomic E-state index is 0.477. The van der Waals surface area contributed by atoms with Gasteiger partial charge in [-0.05, 0) is 47.5 Å². The van der Waals surface area contributed by atoms with Gasteiger partial charge in [-0.25, -0.2) is 0 Å². The molecule has 0 fully saturated rings. The molecule has 0 aliphatic rings. The lowest BCUT2D eigenvalue weighted by Crippen LogP contribution is -2.30.